The summed E-state index contributed by atoms with van der Waals surface area (Å²) < 4.78 is 25.9. The molecule has 4 nitrogen and oxygen atoms in total. The lowest BCUT2D eigenvalue weighted by Gasteiger charge is -2.23. The van der Waals surface area contributed by atoms with Crippen molar-refractivity contribution in [2.75, 3.05) is 25.4 Å². The van der Waals surface area contributed by atoms with Crippen molar-refractivity contribution in [3.05, 3.63) is 0 Å². The summed E-state index contributed by atoms with van der Waals surface area (Å²) in [6.45, 7) is 6.86. The van der Waals surface area contributed by atoms with Gasteiger partial charge in [-0.3, -0.25) is 4.90 Å². The van der Waals surface area contributed by atoms with Crippen molar-refractivity contribution in [3.8, 4) is 0 Å². The predicted octanol–water partition coefficient (Wildman–Crippen LogP) is 1.19. The topological polar surface area (TPSA) is 49.4 Å². The molecular weight excluding hydrogens is 224 g/mol. The van der Waals surface area contributed by atoms with Crippen LogP contribution >= 0.6 is 0 Å². The van der Waals surface area contributed by atoms with Gasteiger partial charge in [0, 0.05) is 12.6 Å². The molecule has 0 aromatic carbocycles. The third kappa shape index (κ3) is 4.80. The minimum absolute atomic E-state index is 0.260. The van der Waals surface area contributed by atoms with Gasteiger partial charge < -0.3 is 0 Å². The molecule has 1 aliphatic rings. The molecular formula is C11H24N2O2S. The molecule has 1 atom stereocenters. The van der Waals surface area contributed by atoms with Crippen molar-refractivity contribution in [2.45, 2.75) is 45.6 Å². The fourth-order valence-corrected chi connectivity index (χ4v) is 3.27. The van der Waals surface area contributed by atoms with Crippen LogP contribution in [0.5, 0.6) is 0 Å². The minimum atomic E-state index is -3.05. The van der Waals surface area contributed by atoms with Gasteiger partial charge in [0.25, 0.3) is 0 Å². The number of hydrogen-bond donors (Lipinski definition) is 1. The van der Waals surface area contributed by atoms with Crippen molar-refractivity contribution in [2.24, 2.45) is 0 Å². The standard InChI is InChI=1S/C11H24N2O2S/c1-3-4-9-16(14,15)12-10-11(2)13-7-5-6-8-13/h11-12H,3-10H2,1-2H3. The second-order valence-electron chi connectivity index (χ2n) is 4.61. The van der Waals surface area contributed by atoms with Crippen LogP contribution in [0.15, 0.2) is 0 Å². The molecule has 96 valence electrons. The Morgan fingerprint density at radius 2 is 1.94 bits per heavy atom. The van der Waals surface area contributed by atoms with Crippen LogP contribution in [0.1, 0.15) is 39.5 Å². The summed E-state index contributed by atoms with van der Waals surface area (Å²) in [7, 11) is -3.05. The normalized spacial score (nSPS) is 20.1. The molecule has 1 unspecified atom stereocenters. The van der Waals surface area contributed by atoms with Gasteiger partial charge in [-0.15, -0.1) is 0 Å². The van der Waals surface area contributed by atoms with Gasteiger partial charge in [0.15, 0.2) is 0 Å². The molecule has 1 saturated heterocycles. The number of unbranched alkanes of at least 4 members (excludes halogenated alkanes) is 1. The Balaban J connectivity index is 2.27. The smallest absolute Gasteiger partial charge is 0.211 e. The second-order valence-corrected chi connectivity index (χ2v) is 6.54. The van der Waals surface area contributed by atoms with E-state index in [0.717, 1.165) is 25.9 Å². The predicted molar refractivity (Wildman–Crippen MR) is 67.0 cm³/mol. The summed E-state index contributed by atoms with van der Waals surface area (Å²) >= 11 is 0. The maximum absolute atomic E-state index is 11.6. The average Bonchev–Trinajstić information content (AvgIpc) is 2.77. The fraction of sp³-hybridized carbons (Fsp3) is 1.00. The van der Waals surface area contributed by atoms with Gasteiger partial charge in [-0.25, -0.2) is 13.1 Å². The van der Waals surface area contributed by atoms with Gasteiger partial charge in [0.1, 0.15) is 0 Å². The molecule has 0 radical (unpaired) electrons. The molecule has 0 spiro atoms. The van der Waals surface area contributed by atoms with E-state index < -0.39 is 10.0 Å². The van der Waals surface area contributed by atoms with Crippen molar-refractivity contribution >= 4 is 10.0 Å². The molecule has 0 amide bonds. The summed E-state index contributed by atoms with van der Waals surface area (Å²) in [5, 5.41) is 0. The zero-order valence-corrected chi connectivity index (χ0v) is 11.2. The first-order valence-corrected chi connectivity index (χ1v) is 7.92. The first kappa shape index (κ1) is 13.9. The summed E-state index contributed by atoms with van der Waals surface area (Å²) in [5.74, 6) is 0.260. The lowest BCUT2D eigenvalue weighted by atomic mass is 10.3. The van der Waals surface area contributed by atoms with Crippen molar-refractivity contribution in [1.82, 2.24) is 9.62 Å². The van der Waals surface area contributed by atoms with Gasteiger partial charge in [0.05, 0.1) is 5.75 Å². The molecule has 1 N–H and O–H groups in total. The zero-order valence-electron chi connectivity index (χ0n) is 10.4. The maximum atomic E-state index is 11.6. The molecule has 0 saturated carbocycles. The summed E-state index contributed by atoms with van der Waals surface area (Å²) in [6, 6.07) is 0.318. The van der Waals surface area contributed by atoms with E-state index in [1.807, 2.05) is 6.92 Å². The molecule has 1 fully saturated rings. The van der Waals surface area contributed by atoms with Crippen LogP contribution in [0.25, 0.3) is 0 Å². The first-order chi connectivity index (χ1) is 7.55. The monoisotopic (exact) mass is 248 g/mol. The summed E-state index contributed by atoms with van der Waals surface area (Å²) in [6.07, 6.45) is 4.15. The molecule has 1 rings (SSSR count). The largest absolute Gasteiger partial charge is 0.299 e. The summed E-state index contributed by atoms with van der Waals surface area (Å²) in [5.41, 5.74) is 0. The Labute approximate surface area is 99.5 Å². The molecule has 16 heavy (non-hydrogen) atoms. The second kappa shape index (κ2) is 6.57. The summed E-state index contributed by atoms with van der Waals surface area (Å²) in [4.78, 5) is 2.35. The first-order valence-electron chi connectivity index (χ1n) is 6.26. The lowest BCUT2D eigenvalue weighted by molar-refractivity contribution is 0.260. The Kier molecular flexibility index (Phi) is 5.72. The van der Waals surface area contributed by atoms with Gasteiger partial charge >= 0.3 is 0 Å². The molecule has 0 aromatic heterocycles. The molecule has 0 aliphatic carbocycles. The van der Waals surface area contributed by atoms with Gasteiger partial charge in [-0.05, 0) is 39.3 Å². The Hall–Kier alpha value is -0.130. The molecule has 0 bridgehead atoms. The quantitative estimate of drug-likeness (QED) is 0.736. The number of nitrogens with one attached hydrogen (secondary N) is 1. The van der Waals surface area contributed by atoms with Crippen molar-refractivity contribution in [3.63, 3.8) is 0 Å². The maximum Gasteiger partial charge on any atom is 0.211 e. The van der Waals surface area contributed by atoms with Crippen LogP contribution < -0.4 is 4.72 Å². The Morgan fingerprint density at radius 1 is 1.31 bits per heavy atom. The van der Waals surface area contributed by atoms with E-state index in [4.69, 9.17) is 0 Å². The molecule has 1 aliphatic heterocycles. The van der Waals surface area contributed by atoms with E-state index in [2.05, 4.69) is 16.5 Å². The van der Waals surface area contributed by atoms with Gasteiger partial charge in [-0.1, -0.05) is 13.3 Å². The molecule has 5 heteroatoms. The van der Waals surface area contributed by atoms with E-state index in [1.165, 1.54) is 12.8 Å². The van der Waals surface area contributed by atoms with Gasteiger partial charge in [0.2, 0.25) is 10.0 Å². The van der Waals surface area contributed by atoms with E-state index in [-0.39, 0.29) is 5.75 Å². The van der Waals surface area contributed by atoms with Crippen molar-refractivity contribution < 1.29 is 8.42 Å². The zero-order chi connectivity index (χ0) is 12.0. The number of rotatable bonds is 7. The average molecular weight is 248 g/mol. The van der Waals surface area contributed by atoms with Crippen LogP contribution in [-0.2, 0) is 10.0 Å². The highest BCUT2D eigenvalue weighted by molar-refractivity contribution is 7.89. The number of likely N-dealkylation sites (tertiary alicyclic amines) is 1. The number of hydrogen-bond acceptors (Lipinski definition) is 3. The molecule has 1 heterocycles. The highest BCUT2D eigenvalue weighted by Crippen LogP contribution is 2.10. The van der Waals surface area contributed by atoms with Crippen LogP contribution in [0.4, 0.5) is 0 Å². The van der Waals surface area contributed by atoms with E-state index >= 15 is 0 Å². The number of nitrogens with zero attached hydrogens (tertiary/aromatic N) is 1. The van der Waals surface area contributed by atoms with E-state index in [9.17, 15) is 8.42 Å². The van der Waals surface area contributed by atoms with Gasteiger partial charge in [-0.2, -0.15) is 0 Å². The highest BCUT2D eigenvalue weighted by Gasteiger charge is 2.19. The Morgan fingerprint density at radius 3 is 2.50 bits per heavy atom. The lowest BCUT2D eigenvalue weighted by Crippen LogP contribution is -2.41. The molecule has 0 aromatic rings. The number of sulfonamides is 1. The SMILES string of the molecule is CCCCS(=O)(=O)NCC(C)N1CCCC1. The van der Waals surface area contributed by atoms with E-state index in [0.29, 0.717) is 12.6 Å². The van der Waals surface area contributed by atoms with E-state index in [1.54, 1.807) is 0 Å². The highest BCUT2D eigenvalue weighted by atomic mass is 32.2. The fourth-order valence-electron chi connectivity index (χ4n) is 1.97. The van der Waals surface area contributed by atoms with Crippen molar-refractivity contribution in [1.29, 1.82) is 0 Å². The third-order valence-electron chi connectivity index (χ3n) is 3.13. The Bertz CT molecular complexity index is 284. The van der Waals surface area contributed by atoms with Crippen LogP contribution in [0.3, 0.4) is 0 Å². The van der Waals surface area contributed by atoms with Crippen LogP contribution in [-0.4, -0.2) is 44.7 Å². The van der Waals surface area contributed by atoms with Crippen LogP contribution in [0, 0.1) is 0 Å². The minimum Gasteiger partial charge on any atom is -0.299 e. The van der Waals surface area contributed by atoms with Crippen LogP contribution in [0.2, 0.25) is 0 Å². The third-order valence-corrected chi connectivity index (χ3v) is 4.56.